The summed E-state index contributed by atoms with van der Waals surface area (Å²) in [6.07, 6.45) is 13.3. The molecule has 0 saturated heterocycles. The van der Waals surface area contributed by atoms with Crippen molar-refractivity contribution in [1.29, 1.82) is 5.26 Å². The number of rotatable bonds is 10. The lowest BCUT2D eigenvalue weighted by Crippen LogP contribution is -2.30. The Morgan fingerprint density at radius 1 is 1.00 bits per heavy atom. The third-order valence-corrected chi connectivity index (χ3v) is 5.79. The van der Waals surface area contributed by atoms with Crippen LogP contribution in [0, 0.1) is 17.2 Å². The Balaban J connectivity index is 1.85. The number of hydrogen-bond acceptors (Lipinski definition) is 2. The zero-order chi connectivity index (χ0) is 18.0. The molecule has 0 bridgehead atoms. The first-order valence-corrected chi connectivity index (χ1v) is 10.4. The average molecular weight is 342 g/mol. The summed E-state index contributed by atoms with van der Waals surface area (Å²) in [5.74, 6) is 1.76. The standard InChI is InChI=1S/C23H35NO/c1-3-5-6-7-8-18-25-22-12-10-21(11-13-22)23(19-24)16-14-20(9-4-2)15-17-23/h10-13,20H,3-9,14-18H2,1-2H3. The Kier molecular flexibility index (Phi) is 8.32. The second-order valence-corrected chi connectivity index (χ2v) is 7.71. The van der Waals surface area contributed by atoms with Crippen LogP contribution in [-0.4, -0.2) is 6.61 Å². The zero-order valence-corrected chi connectivity index (χ0v) is 16.2. The van der Waals surface area contributed by atoms with Gasteiger partial charge in [-0.2, -0.15) is 5.26 Å². The van der Waals surface area contributed by atoms with Gasteiger partial charge >= 0.3 is 0 Å². The van der Waals surface area contributed by atoms with Gasteiger partial charge in [0.05, 0.1) is 18.1 Å². The molecule has 0 N–H and O–H groups in total. The minimum absolute atomic E-state index is 0.275. The van der Waals surface area contributed by atoms with Crippen molar-refractivity contribution in [3.05, 3.63) is 29.8 Å². The van der Waals surface area contributed by atoms with Crippen molar-refractivity contribution < 1.29 is 4.74 Å². The van der Waals surface area contributed by atoms with Crippen LogP contribution in [0.2, 0.25) is 0 Å². The first-order chi connectivity index (χ1) is 12.2. The SMILES string of the molecule is CCCCCCCOc1ccc(C2(C#N)CCC(CCC)CC2)cc1. The zero-order valence-electron chi connectivity index (χ0n) is 16.2. The molecule has 0 aliphatic heterocycles. The first kappa shape index (κ1) is 19.8. The van der Waals surface area contributed by atoms with Crippen LogP contribution in [0.5, 0.6) is 5.75 Å². The molecule has 0 amide bonds. The number of unbranched alkanes of at least 4 members (excludes halogenated alkanes) is 4. The van der Waals surface area contributed by atoms with Crippen molar-refractivity contribution in [2.24, 2.45) is 5.92 Å². The van der Waals surface area contributed by atoms with E-state index >= 15 is 0 Å². The van der Waals surface area contributed by atoms with Crippen molar-refractivity contribution in [1.82, 2.24) is 0 Å². The average Bonchev–Trinajstić information content (AvgIpc) is 2.66. The van der Waals surface area contributed by atoms with Crippen LogP contribution in [0.15, 0.2) is 24.3 Å². The van der Waals surface area contributed by atoms with Crippen LogP contribution in [0.25, 0.3) is 0 Å². The second-order valence-electron chi connectivity index (χ2n) is 7.71. The van der Waals surface area contributed by atoms with E-state index in [1.54, 1.807) is 0 Å². The van der Waals surface area contributed by atoms with Crippen LogP contribution in [-0.2, 0) is 5.41 Å². The van der Waals surface area contributed by atoms with E-state index in [1.807, 2.05) is 0 Å². The van der Waals surface area contributed by atoms with Crippen molar-refractivity contribution >= 4 is 0 Å². The largest absolute Gasteiger partial charge is 0.494 e. The van der Waals surface area contributed by atoms with Crippen LogP contribution in [0.1, 0.15) is 90.0 Å². The van der Waals surface area contributed by atoms with E-state index in [-0.39, 0.29) is 5.41 Å². The summed E-state index contributed by atoms with van der Waals surface area (Å²) in [5.41, 5.74) is 0.906. The highest BCUT2D eigenvalue weighted by Gasteiger charge is 2.36. The maximum atomic E-state index is 9.84. The van der Waals surface area contributed by atoms with Crippen LogP contribution < -0.4 is 4.74 Å². The lowest BCUT2D eigenvalue weighted by molar-refractivity contribution is 0.265. The molecule has 2 nitrogen and oxygen atoms in total. The minimum Gasteiger partial charge on any atom is -0.494 e. The third-order valence-electron chi connectivity index (χ3n) is 5.79. The van der Waals surface area contributed by atoms with Gasteiger partial charge in [0.1, 0.15) is 5.75 Å². The molecule has 1 aromatic rings. The molecule has 25 heavy (non-hydrogen) atoms. The van der Waals surface area contributed by atoms with E-state index in [0.29, 0.717) is 0 Å². The van der Waals surface area contributed by atoms with Crippen molar-refractivity contribution in [3.63, 3.8) is 0 Å². The van der Waals surface area contributed by atoms with Crippen LogP contribution in [0.3, 0.4) is 0 Å². The molecule has 2 heteroatoms. The fourth-order valence-corrected chi connectivity index (χ4v) is 4.10. The number of nitrogens with zero attached hydrogens (tertiary/aromatic N) is 1. The molecule has 138 valence electrons. The molecule has 0 heterocycles. The predicted molar refractivity (Wildman–Crippen MR) is 105 cm³/mol. The Bertz CT molecular complexity index is 520. The van der Waals surface area contributed by atoms with E-state index < -0.39 is 0 Å². The normalized spacial score (nSPS) is 23.2. The Morgan fingerprint density at radius 3 is 2.28 bits per heavy atom. The van der Waals surface area contributed by atoms with E-state index in [9.17, 15) is 5.26 Å². The summed E-state index contributed by atoms with van der Waals surface area (Å²) in [5, 5.41) is 9.84. The van der Waals surface area contributed by atoms with Gasteiger partial charge in [-0.1, -0.05) is 64.5 Å². The highest BCUT2D eigenvalue weighted by Crippen LogP contribution is 2.42. The fraction of sp³-hybridized carbons (Fsp3) is 0.696. The summed E-state index contributed by atoms with van der Waals surface area (Å²) >= 11 is 0. The van der Waals surface area contributed by atoms with E-state index in [0.717, 1.165) is 37.5 Å². The summed E-state index contributed by atoms with van der Waals surface area (Å²) in [6, 6.07) is 11.0. The lowest BCUT2D eigenvalue weighted by Gasteiger charge is -2.35. The maximum Gasteiger partial charge on any atom is 0.119 e. The number of benzene rings is 1. The number of nitriles is 1. The Morgan fingerprint density at radius 2 is 1.68 bits per heavy atom. The van der Waals surface area contributed by atoms with E-state index in [2.05, 4.69) is 44.2 Å². The first-order valence-electron chi connectivity index (χ1n) is 10.4. The quantitative estimate of drug-likeness (QED) is 0.439. The minimum atomic E-state index is -0.275. The summed E-state index contributed by atoms with van der Waals surface area (Å²) in [7, 11) is 0. The molecule has 1 aliphatic rings. The van der Waals surface area contributed by atoms with Crippen LogP contribution >= 0.6 is 0 Å². The molecule has 0 spiro atoms. The van der Waals surface area contributed by atoms with Gasteiger partial charge < -0.3 is 4.74 Å². The third kappa shape index (κ3) is 5.77. The molecule has 0 radical (unpaired) electrons. The van der Waals surface area contributed by atoms with Gasteiger partial charge in [0.25, 0.3) is 0 Å². The van der Waals surface area contributed by atoms with Gasteiger partial charge in [-0.3, -0.25) is 0 Å². The second kappa shape index (κ2) is 10.5. The molecular formula is C23H35NO. The van der Waals surface area contributed by atoms with Gasteiger partial charge in [0, 0.05) is 0 Å². The highest BCUT2D eigenvalue weighted by atomic mass is 16.5. The molecule has 1 saturated carbocycles. The number of ether oxygens (including phenoxy) is 1. The fourth-order valence-electron chi connectivity index (χ4n) is 4.10. The molecule has 0 atom stereocenters. The smallest absolute Gasteiger partial charge is 0.119 e. The van der Waals surface area contributed by atoms with Crippen molar-refractivity contribution in [2.45, 2.75) is 89.9 Å². The molecule has 0 unspecified atom stereocenters. The van der Waals surface area contributed by atoms with Gasteiger partial charge in [-0.25, -0.2) is 0 Å². The predicted octanol–water partition coefficient (Wildman–Crippen LogP) is 6.79. The van der Waals surface area contributed by atoms with Gasteiger partial charge in [-0.15, -0.1) is 0 Å². The molecule has 2 rings (SSSR count). The molecule has 1 fully saturated rings. The van der Waals surface area contributed by atoms with Gasteiger partial charge in [0.2, 0.25) is 0 Å². The highest BCUT2D eigenvalue weighted by molar-refractivity contribution is 5.37. The van der Waals surface area contributed by atoms with Crippen molar-refractivity contribution in [3.8, 4) is 11.8 Å². The summed E-state index contributed by atoms with van der Waals surface area (Å²) in [4.78, 5) is 0. The Hall–Kier alpha value is -1.49. The molecule has 1 aromatic carbocycles. The molecule has 0 aromatic heterocycles. The van der Waals surface area contributed by atoms with Gasteiger partial charge in [0.15, 0.2) is 0 Å². The van der Waals surface area contributed by atoms with Gasteiger partial charge in [-0.05, 0) is 55.7 Å². The Labute approximate surface area is 154 Å². The summed E-state index contributed by atoms with van der Waals surface area (Å²) in [6.45, 7) is 5.29. The monoisotopic (exact) mass is 341 g/mol. The number of hydrogen-bond donors (Lipinski definition) is 0. The maximum absolute atomic E-state index is 9.84. The van der Waals surface area contributed by atoms with E-state index in [4.69, 9.17) is 4.74 Å². The topological polar surface area (TPSA) is 33.0 Å². The molecular weight excluding hydrogens is 306 g/mol. The van der Waals surface area contributed by atoms with Crippen LogP contribution in [0.4, 0.5) is 0 Å². The summed E-state index contributed by atoms with van der Waals surface area (Å²) < 4.78 is 5.86. The van der Waals surface area contributed by atoms with Crippen molar-refractivity contribution in [2.75, 3.05) is 6.61 Å². The lowest BCUT2D eigenvalue weighted by atomic mass is 9.67. The van der Waals surface area contributed by atoms with E-state index in [1.165, 1.54) is 56.9 Å². The molecule has 1 aliphatic carbocycles.